The quantitative estimate of drug-likeness (QED) is 0.604. The lowest BCUT2D eigenvalue weighted by Gasteiger charge is -2.23. The van der Waals surface area contributed by atoms with Crippen molar-refractivity contribution < 1.29 is 14.3 Å². The van der Waals surface area contributed by atoms with Gasteiger partial charge in [0.05, 0.1) is 13.2 Å². The molecule has 0 saturated heterocycles. The van der Waals surface area contributed by atoms with Crippen molar-refractivity contribution in [2.75, 3.05) is 7.11 Å². The summed E-state index contributed by atoms with van der Waals surface area (Å²) < 4.78 is 11.4. The van der Waals surface area contributed by atoms with Crippen LogP contribution < -0.4 is 14.8 Å². The number of halogens is 1. The van der Waals surface area contributed by atoms with Gasteiger partial charge in [-0.15, -0.1) is 0 Å². The summed E-state index contributed by atoms with van der Waals surface area (Å²) in [5, 5.41) is 3.73. The van der Waals surface area contributed by atoms with Crippen molar-refractivity contribution in [1.29, 1.82) is 0 Å². The molecule has 28 heavy (non-hydrogen) atoms. The number of carbonyl (C=O) groups excluding carboxylic acids is 1. The maximum absolute atomic E-state index is 12.8. The van der Waals surface area contributed by atoms with E-state index in [0.29, 0.717) is 23.1 Å². The van der Waals surface area contributed by atoms with Crippen LogP contribution in [0.1, 0.15) is 62.8 Å². The number of hydrogen-bond donors (Lipinski definition) is 1. The Balaban J connectivity index is 2.15. The van der Waals surface area contributed by atoms with E-state index in [1.54, 1.807) is 31.4 Å². The summed E-state index contributed by atoms with van der Waals surface area (Å²) in [6.07, 6.45) is 0.00627. The minimum atomic E-state index is -0.563. The van der Waals surface area contributed by atoms with E-state index < -0.39 is 6.10 Å². The first-order valence-electron chi connectivity index (χ1n) is 9.67. The molecule has 2 aromatic rings. The van der Waals surface area contributed by atoms with E-state index in [-0.39, 0.29) is 11.9 Å². The number of aryl methyl sites for hydroxylation is 1. The molecule has 1 N–H and O–H groups in total. The predicted molar refractivity (Wildman–Crippen MR) is 115 cm³/mol. The molecule has 4 nitrogen and oxygen atoms in total. The number of methoxy groups -OCH3 is 1. The maximum Gasteiger partial charge on any atom is 0.261 e. The largest absolute Gasteiger partial charge is 0.496 e. The number of rotatable bonds is 8. The predicted octanol–water partition coefficient (Wildman–Crippen LogP) is 5.82. The first-order valence-corrected chi connectivity index (χ1v) is 10.1. The molecule has 2 atom stereocenters. The van der Waals surface area contributed by atoms with Gasteiger partial charge in [0.15, 0.2) is 6.10 Å². The van der Waals surface area contributed by atoms with Crippen LogP contribution in [-0.2, 0) is 4.79 Å². The second-order valence-electron chi connectivity index (χ2n) is 7.30. The van der Waals surface area contributed by atoms with Gasteiger partial charge in [0.2, 0.25) is 0 Å². The zero-order valence-corrected chi connectivity index (χ0v) is 18.3. The van der Waals surface area contributed by atoms with Crippen LogP contribution in [0.4, 0.5) is 0 Å². The summed E-state index contributed by atoms with van der Waals surface area (Å²) in [7, 11) is 1.69. The molecule has 0 bridgehead atoms. The Labute approximate surface area is 173 Å². The van der Waals surface area contributed by atoms with Gasteiger partial charge < -0.3 is 14.8 Å². The minimum Gasteiger partial charge on any atom is -0.496 e. The Morgan fingerprint density at radius 1 is 1.11 bits per heavy atom. The van der Waals surface area contributed by atoms with Gasteiger partial charge in [-0.3, -0.25) is 4.79 Å². The smallest absolute Gasteiger partial charge is 0.261 e. The molecule has 0 spiro atoms. The number of carbonyl (C=O) groups is 1. The fourth-order valence-electron chi connectivity index (χ4n) is 3.19. The Kier molecular flexibility index (Phi) is 7.76. The molecule has 152 valence electrons. The summed E-state index contributed by atoms with van der Waals surface area (Å²) >= 11 is 5.91. The molecular weight excluding hydrogens is 374 g/mol. The lowest BCUT2D eigenvalue weighted by molar-refractivity contribution is -0.128. The van der Waals surface area contributed by atoms with Crippen molar-refractivity contribution in [1.82, 2.24) is 5.32 Å². The number of hydrogen-bond acceptors (Lipinski definition) is 3. The van der Waals surface area contributed by atoms with Crippen LogP contribution in [0, 0.1) is 6.92 Å². The third-order valence-electron chi connectivity index (χ3n) is 4.82. The number of amides is 1. The SMILES string of the molecule is CC[C@H](Oc1ccc(Cl)cc1)C(=O)N[C@@H](C)c1cc(C(C)C)c(OC)cc1C. The Morgan fingerprint density at radius 2 is 1.75 bits per heavy atom. The molecule has 0 aliphatic carbocycles. The lowest BCUT2D eigenvalue weighted by atomic mass is 9.93. The normalized spacial score (nSPS) is 13.1. The van der Waals surface area contributed by atoms with Crippen molar-refractivity contribution in [2.45, 2.75) is 59.1 Å². The summed E-state index contributed by atoms with van der Waals surface area (Å²) in [4.78, 5) is 12.8. The standard InChI is InChI=1S/C23H30ClNO3/c1-7-21(28-18-10-8-17(24)9-11-18)23(26)25-16(5)20-13-19(14(2)3)22(27-6)12-15(20)4/h8-14,16,21H,7H2,1-6H3,(H,25,26)/t16-,21-/m0/s1. The van der Waals surface area contributed by atoms with Gasteiger partial charge in [-0.05, 0) is 79.3 Å². The van der Waals surface area contributed by atoms with Crippen LogP contribution >= 0.6 is 11.6 Å². The zero-order valence-electron chi connectivity index (χ0n) is 17.5. The molecule has 0 aliphatic heterocycles. The van der Waals surface area contributed by atoms with Crippen molar-refractivity contribution in [3.63, 3.8) is 0 Å². The molecule has 5 heteroatoms. The lowest BCUT2D eigenvalue weighted by Crippen LogP contribution is -2.39. The van der Waals surface area contributed by atoms with Crippen LogP contribution in [0.3, 0.4) is 0 Å². The van der Waals surface area contributed by atoms with E-state index in [2.05, 4.69) is 25.2 Å². The molecule has 0 unspecified atom stereocenters. The second kappa shape index (κ2) is 9.83. The van der Waals surface area contributed by atoms with E-state index in [0.717, 1.165) is 22.4 Å². The fourth-order valence-corrected chi connectivity index (χ4v) is 3.32. The summed E-state index contributed by atoms with van der Waals surface area (Å²) in [5.74, 6) is 1.70. The Hall–Kier alpha value is -2.20. The molecule has 0 aliphatic rings. The molecule has 0 aromatic heterocycles. The van der Waals surface area contributed by atoms with Crippen molar-refractivity contribution in [3.8, 4) is 11.5 Å². The van der Waals surface area contributed by atoms with Gasteiger partial charge in [0, 0.05) is 5.02 Å². The number of ether oxygens (including phenoxy) is 2. The molecule has 2 rings (SSSR count). The van der Waals surface area contributed by atoms with Crippen LogP contribution in [0.2, 0.25) is 5.02 Å². The van der Waals surface area contributed by atoms with Gasteiger partial charge in [0.1, 0.15) is 11.5 Å². The topological polar surface area (TPSA) is 47.6 Å². The van der Waals surface area contributed by atoms with Gasteiger partial charge in [0.25, 0.3) is 5.91 Å². The van der Waals surface area contributed by atoms with Crippen molar-refractivity contribution >= 4 is 17.5 Å². The molecule has 0 heterocycles. The highest BCUT2D eigenvalue weighted by molar-refractivity contribution is 6.30. The fraction of sp³-hybridized carbons (Fsp3) is 0.435. The molecule has 0 fully saturated rings. The van der Waals surface area contributed by atoms with Crippen LogP contribution in [-0.4, -0.2) is 19.1 Å². The average Bonchev–Trinajstić information content (AvgIpc) is 2.66. The van der Waals surface area contributed by atoms with E-state index in [1.807, 2.05) is 26.8 Å². The van der Waals surface area contributed by atoms with Crippen LogP contribution in [0.25, 0.3) is 0 Å². The van der Waals surface area contributed by atoms with Gasteiger partial charge in [-0.25, -0.2) is 0 Å². The van der Waals surface area contributed by atoms with Crippen LogP contribution in [0.15, 0.2) is 36.4 Å². The molecule has 1 amide bonds. The zero-order chi connectivity index (χ0) is 20.8. The van der Waals surface area contributed by atoms with E-state index >= 15 is 0 Å². The highest BCUT2D eigenvalue weighted by Gasteiger charge is 2.22. The Bertz CT molecular complexity index is 802. The summed E-state index contributed by atoms with van der Waals surface area (Å²) in [5.41, 5.74) is 3.30. The monoisotopic (exact) mass is 403 g/mol. The second-order valence-corrected chi connectivity index (χ2v) is 7.74. The highest BCUT2D eigenvalue weighted by Crippen LogP contribution is 2.32. The van der Waals surface area contributed by atoms with E-state index in [1.165, 1.54) is 0 Å². The third kappa shape index (κ3) is 5.41. The van der Waals surface area contributed by atoms with E-state index in [9.17, 15) is 4.79 Å². The molecule has 0 radical (unpaired) electrons. The van der Waals surface area contributed by atoms with Crippen LogP contribution in [0.5, 0.6) is 11.5 Å². The third-order valence-corrected chi connectivity index (χ3v) is 5.07. The minimum absolute atomic E-state index is 0.133. The van der Waals surface area contributed by atoms with Gasteiger partial charge >= 0.3 is 0 Å². The van der Waals surface area contributed by atoms with Crippen molar-refractivity contribution in [3.05, 3.63) is 58.1 Å². The average molecular weight is 404 g/mol. The summed E-state index contributed by atoms with van der Waals surface area (Å²) in [6.45, 7) is 10.2. The maximum atomic E-state index is 12.8. The highest BCUT2D eigenvalue weighted by atomic mass is 35.5. The van der Waals surface area contributed by atoms with E-state index in [4.69, 9.17) is 21.1 Å². The first kappa shape index (κ1) is 22.1. The molecular formula is C23H30ClNO3. The molecule has 0 saturated carbocycles. The summed E-state index contributed by atoms with van der Waals surface area (Å²) in [6, 6.07) is 11.1. The molecule has 2 aromatic carbocycles. The Morgan fingerprint density at radius 3 is 2.29 bits per heavy atom. The van der Waals surface area contributed by atoms with Crippen molar-refractivity contribution in [2.24, 2.45) is 0 Å². The van der Waals surface area contributed by atoms with Gasteiger partial charge in [-0.1, -0.05) is 32.4 Å². The van der Waals surface area contributed by atoms with Gasteiger partial charge in [-0.2, -0.15) is 0 Å². The first-order chi connectivity index (χ1) is 13.3. The number of nitrogens with one attached hydrogen (secondary N) is 1. The number of benzene rings is 2.